The van der Waals surface area contributed by atoms with Crippen LogP contribution in [0.3, 0.4) is 0 Å². The van der Waals surface area contributed by atoms with E-state index in [-0.39, 0.29) is 18.4 Å². The molecule has 2 aromatic rings. The molecule has 32 heavy (non-hydrogen) atoms. The van der Waals surface area contributed by atoms with Gasteiger partial charge in [-0.05, 0) is 67.8 Å². The highest BCUT2D eigenvalue weighted by atomic mass is 16.1. The Hall–Kier alpha value is -2.84. The van der Waals surface area contributed by atoms with Gasteiger partial charge in [0.05, 0.1) is 6.07 Å². The first kappa shape index (κ1) is 22.4. The van der Waals surface area contributed by atoms with Gasteiger partial charge in [-0.25, -0.2) is 0 Å². The number of benzene rings is 2. The number of hydrogen-bond donors (Lipinski definition) is 1. The molecular weight excluding hydrogens is 396 g/mol. The average Bonchev–Trinajstić information content (AvgIpc) is 2.85. The maximum Gasteiger partial charge on any atom is 0.234 e. The van der Waals surface area contributed by atoms with Crippen LogP contribution >= 0.6 is 0 Å². The average molecular weight is 431 g/mol. The number of nitriles is 1. The van der Waals surface area contributed by atoms with Gasteiger partial charge < -0.3 is 10.2 Å². The fourth-order valence-electron chi connectivity index (χ4n) is 5.05. The summed E-state index contributed by atoms with van der Waals surface area (Å²) in [6, 6.07) is 21.7. The summed E-state index contributed by atoms with van der Waals surface area (Å²) in [5.74, 6) is 0.642. The largest absolute Gasteiger partial charge is 0.369 e. The zero-order valence-corrected chi connectivity index (χ0v) is 18.9. The Balaban J connectivity index is 1.19. The van der Waals surface area contributed by atoms with Gasteiger partial charge >= 0.3 is 0 Å². The fraction of sp³-hybridized carbons (Fsp3) is 0.481. The van der Waals surface area contributed by atoms with E-state index in [4.69, 9.17) is 5.26 Å². The van der Waals surface area contributed by atoms with Crippen LogP contribution in [0.1, 0.15) is 38.5 Å². The maximum atomic E-state index is 11.6. The molecule has 2 fully saturated rings. The monoisotopic (exact) mass is 430 g/mol. The van der Waals surface area contributed by atoms with E-state index in [0.717, 1.165) is 44.9 Å². The number of nitrogens with zero attached hydrogens (tertiary/aromatic N) is 3. The second-order valence-corrected chi connectivity index (χ2v) is 9.15. The number of amides is 1. The molecule has 5 nitrogen and oxygen atoms in total. The zero-order valence-electron chi connectivity index (χ0n) is 18.9. The van der Waals surface area contributed by atoms with Crippen LogP contribution in [-0.2, 0) is 4.79 Å². The molecule has 1 N–H and O–H groups in total. The highest BCUT2D eigenvalue weighted by molar-refractivity contribution is 5.78. The predicted octanol–water partition coefficient (Wildman–Crippen LogP) is 4.45. The molecular formula is C27H34N4O. The molecule has 0 radical (unpaired) electrons. The highest BCUT2D eigenvalue weighted by Crippen LogP contribution is 2.28. The number of piperazine rings is 1. The summed E-state index contributed by atoms with van der Waals surface area (Å²) in [6.45, 7) is 5.57. The summed E-state index contributed by atoms with van der Waals surface area (Å²) in [6.07, 6.45) is 5.69. The van der Waals surface area contributed by atoms with Crippen molar-refractivity contribution in [3.05, 3.63) is 54.6 Å². The van der Waals surface area contributed by atoms with Gasteiger partial charge in [-0.3, -0.25) is 9.69 Å². The van der Waals surface area contributed by atoms with Gasteiger partial charge in [-0.2, -0.15) is 5.26 Å². The first-order chi connectivity index (χ1) is 15.7. The number of anilines is 1. The molecule has 5 heteroatoms. The van der Waals surface area contributed by atoms with Gasteiger partial charge in [0.2, 0.25) is 5.91 Å². The van der Waals surface area contributed by atoms with Gasteiger partial charge in [0, 0.05) is 37.9 Å². The minimum Gasteiger partial charge on any atom is -0.369 e. The van der Waals surface area contributed by atoms with Crippen LogP contribution in [0.15, 0.2) is 54.6 Å². The summed E-state index contributed by atoms with van der Waals surface area (Å²) in [4.78, 5) is 16.7. The molecule has 0 bridgehead atoms. The van der Waals surface area contributed by atoms with Crippen LogP contribution in [0.2, 0.25) is 0 Å². The first-order valence-corrected chi connectivity index (χ1v) is 12.0. The number of carbonyl (C=O) groups is 1. The zero-order chi connectivity index (χ0) is 22.2. The van der Waals surface area contributed by atoms with E-state index in [0.29, 0.717) is 0 Å². The van der Waals surface area contributed by atoms with Crippen molar-refractivity contribution in [3.63, 3.8) is 0 Å². The molecule has 0 aromatic heterocycles. The molecule has 1 aliphatic heterocycles. The topological polar surface area (TPSA) is 59.4 Å². The Morgan fingerprint density at radius 1 is 0.938 bits per heavy atom. The third kappa shape index (κ3) is 6.11. The van der Waals surface area contributed by atoms with Crippen LogP contribution in [0.25, 0.3) is 11.1 Å². The normalized spacial score (nSPS) is 21.7. The Labute approximate surface area is 192 Å². The van der Waals surface area contributed by atoms with Crippen molar-refractivity contribution in [1.82, 2.24) is 10.2 Å². The number of hydrogen-bond acceptors (Lipinski definition) is 4. The minimum absolute atomic E-state index is 0.0253. The lowest BCUT2D eigenvalue weighted by Gasteiger charge is -2.37. The third-order valence-corrected chi connectivity index (χ3v) is 7.00. The second-order valence-electron chi connectivity index (χ2n) is 9.15. The maximum absolute atomic E-state index is 11.6. The van der Waals surface area contributed by atoms with Crippen LogP contribution in [0.4, 0.5) is 5.69 Å². The van der Waals surface area contributed by atoms with Crippen molar-refractivity contribution >= 4 is 11.6 Å². The quantitative estimate of drug-likeness (QED) is 0.705. The summed E-state index contributed by atoms with van der Waals surface area (Å²) < 4.78 is 0. The molecule has 4 rings (SSSR count). The van der Waals surface area contributed by atoms with Gasteiger partial charge in [-0.15, -0.1) is 0 Å². The molecule has 1 heterocycles. The second kappa shape index (κ2) is 11.2. The predicted molar refractivity (Wildman–Crippen MR) is 129 cm³/mol. The molecule has 0 unspecified atom stereocenters. The van der Waals surface area contributed by atoms with E-state index in [9.17, 15) is 4.79 Å². The molecule has 1 amide bonds. The molecule has 1 saturated carbocycles. The van der Waals surface area contributed by atoms with Crippen molar-refractivity contribution in [2.45, 2.75) is 44.6 Å². The molecule has 0 atom stereocenters. The Morgan fingerprint density at radius 3 is 2.38 bits per heavy atom. The fourth-order valence-corrected chi connectivity index (χ4v) is 5.05. The third-order valence-electron chi connectivity index (χ3n) is 7.00. The summed E-state index contributed by atoms with van der Waals surface area (Å²) in [5.41, 5.74) is 3.88. The Bertz CT molecular complexity index is 907. The van der Waals surface area contributed by atoms with Crippen molar-refractivity contribution in [2.75, 3.05) is 37.6 Å². The van der Waals surface area contributed by atoms with Crippen molar-refractivity contribution in [2.24, 2.45) is 5.92 Å². The summed E-state index contributed by atoms with van der Waals surface area (Å²) in [5, 5.41) is 11.6. The molecule has 2 aromatic carbocycles. The van der Waals surface area contributed by atoms with Crippen LogP contribution in [0, 0.1) is 17.2 Å². The van der Waals surface area contributed by atoms with Gasteiger partial charge in [0.1, 0.15) is 6.42 Å². The summed E-state index contributed by atoms with van der Waals surface area (Å²) in [7, 11) is 0. The van der Waals surface area contributed by atoms with Gasteiger partial charge in [0.25, 0.3) is 0 Å². The van der Waals surface area contributed by atoms with Crippen molar-refractivity contribution < 1.29 is 4.79 Å². The lowest BCUT2D eigenvalue weighted by atomic mass is 9.84. The number of carbonyl (C=O) groups excluding carboxylic acids is 1. The Kier molecular flexibility index (Phi) is 7.79. The number of nitrogens with one attached hydrogen (secondary N) is 1. The van der Waals surface area contributed by atoms with E-state index in [2.05, 4.69) is 69.7 Å². The van der Waals surface area contributed by atoms with E-state index >= 15 is 0 Å². The minimum atomic E-state index is -0.122. The SMILES string of the molecule is N#CCC(=O)NC1CCC(CCN2CCN(c3cccc(-c4ccccc4)c3)CC2)CC1. The Morgan fingerprint density at radius 2 is 1.66 bits per heavy atom. The molecule has 168 valence electrons. The smallest absolute Gasteiger partial charge is 0.234 e. The highest BCUT2D eigenvalue weighted by Gasteiger charge is 2.24. The van der Waals surface area contributed by atoms with Crippen LogP contribution < -0.4 is 10.2 Å². The first-order valence-electron chi connectivity index (χ1n) is 12.0. The molecule has 0 spiro atoms. The van der Waals surface area contributed by atoms with Crippen molar-refractivity contribution in [3.8, 4) is 17.2 Å². The summed E-state index contributed by atoms with van der Waals surface area (Å²) >= 11 is 0. The van der Waals surface area contributed by atoms with Crippen molar-refractivity contribution in [1.29, 1.82) is 5.26 Å². The lowest BCUT2D eigenvalue weighted by Crippen LogP contribution is -2.47. The van der Waals surface area contributed by atoms with Gasteiger partial charge in [0.15, 0.2) is 0 Å². The van der Waals surface area contributed by atoms with Crippen LogP contribution in [-0.4, -0.2) is 49.6 Å². The molecule has 1 saturated heterocycles. The lowest BCUT2D eigenvalue weighted by molar-refractivity contribution is -0.121. The number of rotatable bonds is 7. The standard InChI is InChI=1S/C27H34N4O/c28-15-13-27(32)29-25-11-9-22(10-12-25)14-16-30-17-19-31(20-18-30)26-8-4-7-24(21-26)23-5-2-1-3-6-23/h1-8,21-22,25H,9-14,16-20H2,(H,29,32). The van der Waals surface area contributed by atoms with E-state index in [1.807, 2.05) is 6.07 Å². The van der Waals surface area contributed by atoms with Gasteiger partial charge in [-0.1, -0.05) is 42.5 Å². The molecule has 2 aliphatic rings. The van der Waals surface area contributed by atoms with E-state index < -0.39 is 0 Å². The van der Waals surface area contributed by atoms with E-state index in [1.54, 1.807) is 0 Å². The van der Waals surface area contributed by atoms with Crippen LogP contribution in [0.5, 0.6) is 0 Å². The van der Waals surface area contributed by atoms with E-state index in [1.165, 1.54) is 42.6 Å². The molecule has 1 aliphatic carbocycles.